The Bertz CT molecular complexity index is 696. The van der Waals surface area contributed by atoms with E-state index in [0.29, 0.717) is 6.61 Å². The normalized spacial score (nSPS) is 23.7. The third-order valence-corrected chi connectivity index (χ3v) is 4.70. The molecule has 23 heavy (non-hydrogen) atoms. The van der Waals surface area contributed by atoms with Crippen molar-refractivity contribution in [3.63, 3.8) is 0 Å². The van der Waals surface area contributed by atoms with E-state index in [1.165, 1.54) is 4.90 Å². The van der Waals surface area contributed by atoms with E-state index in [4.69, 9.17) is 9.47 Å². The zero-order chi connectivity index (χ0) is 16.2. The molecule has 1 spiro atoms. The van der Waals surface area contributed by atoms with Crippen molar-refractivity contribution in [1.82, 2.24) is 10.2 Å². The summed E-state index contributed by atoms with van der Waals surface area (Å²) in [6.07, 6.45) is 2.46. The van der Waals surface area contributed by atoms with Gasteiger partial charge in [-0.15, -0.1) is 0 Å². The molecule has 1 atom stereocenters. The third kappa shape index (κ3) is 2.24. The number of hydrogen-bond acceptors (Lipinski definition) is 4. The fourth-order valence-electron chi connectivity index (χ4n) is 3.35. The molecule has 2 aliphatic heterocycles. The summed E-state index contributed by atoms with van der Waals surface area (Å²) in [6, 6.07) is 3.57. The number of urea groups is 1. The predicted molar refractivity (Wildman–Crippen MR) is 82.5 cm³/mol. The van der Waals surface area contributed by atoms with Crippen molar-refractivity contribution >= 4 is 11.9 Å². The van der Waals surface area contributed by atoms with Crippen molar-refractivity contribution in [1.29, 1.82) is 0 Å². The molecule has 1 N–H and O–H groups in total. The van der Waals surface area contributed by atoms with Crippen LogP contribution in [0.2, 0.25) is 0 Å². The Morgan fingerprint density at radius 2 is 2.17 bits per heavy atom. The van der Waals surface area contributed by atoms with E-state index in [1.807, 2.05) is 26.0 Å². The van der Waals surface area contributed by atoms with Crippen molar-refractivity contribution in [3.05, 3.63) is 23.3 Å². The highest BCUT2D eigenvalue weighted by atomic mass is 16.5. The highest BCUT2D eigenvalue weighted by Crippen LogP contribution is 2.42. The third-order valence-electron chi connectivity index (χ3n) is 4.70. The zero-order valence-electron chi connectivity index (χ0n) is 13.3. The molecule has 1 aliphatic carbocycles. The lowest BCUT2D eigenvalue weighted by molar-refractivity contribution is -0.128. The number of nitrogens with zero attached hydrogens (tertiary/aromatic N) is 1. The maximum atomic E-state index is 12.4. The van der Waals surface area contributed by atoms with E-state index >= 15 is 0 Å². The summed E-state index contributed by atoms with van der Waals surface area (Å²) in [4.78, 5) is 25.8. The number of imide groups is 1. The Morgan fingerprint density at radius 3 is 2.83 bits per heavy atom. The number of rotatable bonds is 4. The van der Waals surface area contributed by atoms with Crippen LogP contribution in [0.15, 0.2) is 12.1 Å². The van der Waals surface area contributed by atoms with Crippen LogP contribution in [0.5, 0.6) is 11.5 Å². The van der Waals surface area contributed by atoms with Crippen molar-refractivity contribution in [2.24, 2.45) is 0 Å². The van der Waals surface area contributed by atoms with Crippen LogP contribution in [0.1, 0.15) is 37.8 Å². The quantitative estimate of drug-likeness (QED) is 0.863. The molecule has 0 unspecified atom stereocenters. The minimum absolute atomic E-state index is 0.125. The second-order valence-electron chi connectivity index (χ2n) is 6.54. The van der Waals surface area contributed by atoms with Crippen LogP contribution in [0.25, 0.3) is 0 Å². The van der Waals surface area contributed by atoms with Crippen molar-refractivity contribution in [3.8, 4) is 11.5 Å². The first-order valence-corrected chi connectivity index (χ1v) is 8.12. The standard InChI is InChI=1S/C17H20N2O4/c1-3-22-13-7-11-6-10(2)23-14(11)8-12(13)9-19-15(20)17(4-5-17)18-16(19)21/h7-8,10H,3-6,9H2,1-2H3,(H,18,21)/t10-/m1/s1. The summed E-state index contributed by atoms with van der Waals surface area (Å²) in [6.45, 7) is 4.69. The molecule has 6 heteroatoms. The summed E-state index contributed by atoms with van der Waals surface area (Å²) in [7, 11) is 0. The first kappa shape index (κ1) is 14.4. The second-order valence-corrected chi connectivity index (χ2v) is 6.54. The Labute approximate surface area is 134 Å². The van der Waals surface area contributed by atoms with Crippen LogP contribution in [-0.2, 0) is 17.8 Å². The van der Waals surface area contributed by atoms with E-state index < -0.39 is 5.54 Å². The summed E-state index contributed by atoms with van der Waals surface area (Å²) in [5.41, 5.74) is 1.30. The molecule has 1 aromatic rings. The molecular weight excluding hydrogens is 296 g/mol. The van der Waals surface area contributed by atoms with Gasteiger partial charge in [0.05, 0.1) is 13.2 Å². The predicted octanol–water partition coefficient (Wildman–Crippen LogP) is 1.99. The Morgan fingerprint density at radius 1 is 1.39 bits per heavy atom. The topological polar surface area (TPSA) is 67.9 Å². The van der Waals surface area contributed by atoms with Gasteiger partial charge in [-0.3, -0.25) is 9.69 Å². The average Bonchev–Trinajstić information content (AvgIpc) is 3.13. The van der Waals surface area contributed by atoms with Gasteiger partial charge in [0.1, 0.15) is 23.1 Å². The van der Waals surface area contributed by atoms with Gasteiger partial charge in [-0.1, -0.05) is 0 Å². The molecule has 6 nitrogen and oxygen atoms in total. The van der Waals surface area contributed by atoms with Gasteiger partial charge in [-0.25, -0.2) is 4.79 Å². The van der Waals surface area contributed by atoms with Gasteiger partial charge in [0, 0.05) is 17.5 Å². The van der Waals surface area contributed by atoms with Gasteiger partial charge in [-0.05, 0) is 38.8 Å². The summed E-state index contributed by atoms with van der Waals surface area (Å²) >= 11 is 0. The molecule has 1 aromatic carbocycles. The number of hydrogen-bond donors (Lipinski definition) is 1. The highest BCUT2D eigenvalue weighted by Gasteiger charge is 2.59. The molecule has 0 aromatic heterocycles. The fraction of sp³-hybridized carbons (Fsp3) is 0.529. The molecule has 4 rings (SSSR count). The van der Waals surface area contributed by atoms with Gasteiger partial charge in [0.25, 0.3) is 5.91 Å². The lowest BCUT2D eigenvalue weighted by Crippen LogP contribution is -2.32. The minimum Gasteiger partial charge on any atom is -0.494 e. The van der Waals surface area contributed by atoms with E-state index in [2.05, 4.69) is 5.32 Å². The molecule has 0 radical (unpaired) electrons. The number of fused-ring (bicyclic) bond motifs is 1. The van der Waals surface area contributed by atoms with Gasteiger partial charge in [0.2, 0.25) is 0 Å². The number of benzene rings is 1. The Kier molecular flexibility index (Phi) is 3.04. The number of amides is 3. The lowest BCUT2D eigenvalue weighted by atomic mass is 10.1. The molecule has 1 saturated carbocycles. The van der Waals surface area contributed by atoms with Crippen LogP contribution in [-0.4, -0.2) is 35.1 Å². The fourth-order valence-corrected chi connectivity index (χ4v) is 3.35. The molecule has 3 aliphatic rings. The first-order chi connectivity index (χ1) is 11.0. The van der Waals surface area contributed by atoms with Gasteiger partial charge in [0.15, 0.2) is 0 Å². The van der Waals surface area contributed by atoms with Crippen molar-refractivity contribution in [2.45, 2.75) is 51.3 Å². The van der Waals surface area contributed by atoms with E-state index in [9.17, 15) is 9.59 Å². The number of nitrogens with one attached hydrogen (secondary N) is 1. The maximum absolute atomic E-state index is 12.4. The Balaban J connectivity index is 1.64. The van der Waals surface area contributed by atoms with Gasteiger partial charge in [-0.2, -0.15) is 0 Å². The lowest BCUT2D eigenvalue weighted by Gasteiger charge is -2.17. The van der Waals surface area contributed by atoms with E-state index in [-0.39, 0.29) is 24.6 Å². The summed E-state index contributed by atoms with van der Waals surface area (Å²) in [5, 5.41) is 2.80. The maximum Gasteiger partial charge on any atom is 0.325 e. The molecule has 3 amide bonds. The van der Waals surface area contributed by atoms with Gasteiger partial charge < -0.3 is 14.8 Å². The van der Waals surface area contributed by atoms with E-state index in [1.54, 1.807) is 0 Å². The Hall–Kier alpha value is -2.24. The largest absolute Gasteiger partial charge is 0.494 e. The zero-order valence-corrected chi connectivity index (χ0v) is 13.3. The van der Waals surface area contributed by atoms with Crippen molar-refractivity contribution < 1.29 is 19.1 Å². The monoisotopic (exact) mass is 316 g/mol. The van der Waals surface area contributed by atoms with Crippen LogP contribution < -0.4 is 14.8 Å². The number of carbonyl (C=O) groups is 2. The molecule has 2 fully saturated rings. The second kappa shape index (κ2) is 4.88. The molecule has 0 bridgehead atoms. The van der Waals surface area contributed by atoms with Crippen LogP contribution in [0, 0.1) is 0 Å². The van der Waals surface area contributed by atoms with Gasteiger partial charge >= 0.3 is 6.03 Å². The molecular formula is C17H20N2O4. The van der Waals surface area contributed by atoms with Crippen LogP contribution >= 0.6 is 0 Å². The van der Waals surface area contributed by atoms with Crippen LogP contribution in [0.4, 0.5) is 4.79 Å². The SMILES string of the molecule is CCOc1cc2c(cc1CN1C(=O)NC3(CC3)C1=O)O[C@H](C)C2. The average molecular weight is 316 g/mol. The molecule has 2 heterocycles. The summed E-state index contributed by atoms with van der Waals surface area (Å²) in [5.74, 6) is 1.42. The summed E-state index contributed by atoms with van der Waals surface area (Å²) < 4.78 is 11.5. The minimum atomic E-state index is -0.620. The van der Waals surface area contributed by atoms with Crippen molar-refractivity contribution in [2.75, 3.05) is 6.61 Å². The highest BCUT2D eigenvalue weighted by molar-refractivity contribution is 6.08. The first-order valence-electron chi connectivity index (χ1n) is 8.12. The number of ether oxygens (including phenoxy) is 2. The molecule has 122 valence electrons. The molecule has 1 saturated heterocycles. The van der Waals surface area contributed by atoms with Crippen LogP contribution in [0.3, 0.4) is 0 Å². The van der Waals surface area contributed by atoms with E-state index in [0.717, 1.165) is 41.9 Å². The number of carbonyl (C=O) groups excluding carboxylic acids is 2. The smallest absolute Gasteiger partial charge is 0.325 e.